The SMILES string of the molecule is CCCCCCCCOC(=O)O[C@@H]1[C@H](OC)[C@@H](C(O[C@H]2OC(C(=O)N[C@H]3CCC[C@@H](C)NC3=O)=C[C@H](O)[C@@H]2O)C(N)=O)O[C@H]1n1ccc(=O)[nH]c1=O. The summed E-state index contributed by atoms with van der Waals surface area (Å²) < 4.78 is 34.6. The van der Waals surface area contributed by atoms with Gasteiger partial charge in [0.1, 0.15) is 30.5 Å². The van der Waals surface area contributed by atoms with Gasteiger partial charge in [-0.3, -0.25) is 28.7 Å². The number of aromatic nitrogens is 2. The molecule has 4 heterocycles. The summed E-state index contributed by atoms with van der Waals surface area (Å²) in [5, 5.41) is 26.7. The molecule has 52 heavy (non-hydrogen) atoms. The summed E-state index contributed by atoms with van der Waals surface area (Å²) in [5.74, 6) is -3.01. The van der Waals surface area contributed by atoms with Crippen LogP contribution in [-0.2, 0) is 42.8 Å². The third-order valence-electron chi connectivity index (χ3n) is 8.99. The normalized spacial score (nSPS) is 29.5. The number of aliphatic hydroxyl groups excluding tert-OH is 2. The number of primary amides is 1. The Balaban J connectivity index is 1.52. The van der Waals surface area contributed by atoms with Crippen molar-refractivity contribution < 1.29 is 57.8 Å². The van der Waals surface area contributed by atoms with E-state index in [-0.39, 0.29) is 12.6 Å². The average molecular weight is 740 g/mol. The molecular formula is C33H49N5O14. The summed E-state index contributed by atoms with van der Waals surface area (Å²) in [6.45, 7) is 3.98. The Bertz CT molecular complexity index is 1550. The minimum Gasteiger partial charge on any atom is -0.456 e. The molecule has 0 radical (unpaired) electrons. The van der Waals surface area contributed by atoms with E-state index in [1.54, 1.807) is 0 Å². The molecule has 2 fully saturated rings. The molecule has 3 aliphatic heterocycles. The third kappa shape index (κ3) is 10.4. The summed E-state index contributed by atoms with van der Waals surface area (Å²) in [4.78, 5) is 78.2. The highest BCUT2D eigenvalue weighted by Gasteiger charge is 2.55. The molecule has 4 rings (SSSR count). The fourth-order valence-corrected chi connectivity index (χ4v) is 6.22. The van der Waals surface area contributed by atoms with Crippen LogP contribution < -0.4 is 27.6 Å². The van der Waals surface area contributed by atoms with Crippen molar-refractivity contribution in [2.75, 3.05) is 13.7 Å². The zero-order valence-electron chi connectivity index (χ0n) is 29.4. The molecule has 0 bridgehead atoms. The second kappa shape index (κ2) is 19.0. The number of rotatable bonds is 16. The number of carbonyl (C=O) groups is 4. The fourth-order valence-electron chi connectivity index (χ4n) is 6.22. The van der Waals surface area contributed by atoms with Crippen molar-refractivity contribution in [2.24, 2.45) is 5.73 Å². The summed E-state index contributed by atoms with van der Waals surface area (Å²) in [7, 11) is 1.19. The third-order valence-corrected chi connectivity index (χ3v) is 8.99. The highest BCUT2D eigenvalue weighted by molar-refractivity contribution is 5.95. The number of aromatic amines is 1. The Morgan fingerprint density at radius 3 is 2.52 bits per heavy atom. The molecule has 10 atom stereocenters. The Hall–Kier alpha value is -4.30. The number of ether oxygens (including phenoxy) is 6. The zero-order chi connectivity index (χ0) is 37.9. The predicted molar refractivity (Wildman–Crippen MR) is 178 cm³/mol. The quantitative estimate of drug-likeness (QED) is 0.0908. The Morgan fingerprint density at radius 1 is 1.10 bits per heavy atom. The standard InChI is InChI=1S/C33H49N5O14/c1-4-5-6-7-8-9-15-48-33(46)52-26-23(47-3)24(50-30(26)38-14-13-21(40)37-32(38)45)25(27(34)42)51-31-22(41)19(39)16-20(49-31)29(44)36-18-12-10-11-17(2)35-28(18)43/h13-14,16-19,22-26,30-31,39,41H,4-12,15H2,1-3H3,(H2,34,42)(H,35,43)(H,36,44)(H,37,40,45)/t17-,18+,19+,22+,23-,24+,25?,26-,30-,31-/m1/s1. The molecular weight excluding hydrogens is 690 g/mol. The molecule has 0 spiro atoms. The molecule has 1 aromatic rings. The number of H-pyrrole nitrogens is 1. The lowest BCUT2D eigenvalue weighted by molar-refractivity contribution is -0.241. The Labute approximate surface area is 299 Å². The highest BCUT2D eigenvalue weighted by Crippen LogP contribution is 2.36. The average Bonchev–Trinajstić information content (AvgIpc) is 3.35. The van der Waals surface area contributed by atoms with Crippen LogP contribution in [0.15, 0.2) is 33.7 Å². The summed E-state index contributed by atoms with van der Waals surface area (Å²) in [6.07, 6.45) is -5.17. The van der Waals surface area contributed by atoms with Gasteiger partial charge in [-0.2, -0.15) is 0 Å². The second-order valence-electron chi connectivity index (χ2n) is 13.0. The first-order chi connectivity index (χ1) is 24.8. The van der Waals surface area contributed by atoms with Gasteiger partial charge in [0, 0.05) is 25.4 Å². The lowest BCUT2D eigenvalue weighted by atomic mass is 10.0. The van der Waals surface area contributed by atoms with Crippen LogP contribution in [-0.4, -0.2) is 112 Å². The molecule has 0 saturated carbocycles. The molecule has 3 aliphatic rings. The number of carbonyl (C=O) groups excluding carboxylic acids is 4. The van der Waals surface area contributed by atoms with Crippen LogP contribution in [0.2, 0.25) is 0 Å². The number of aliphatic hydroxyl groups is 2. The minimum atomic E-state index is -1.90. The van der Waals surface area contributed by atoms with E-state index < -0.39 is 96.1 Å². The van der Waals surface area contributed by atoms with Crippen LogP contribution in [0.25, 0.3) is 0 Å². The maximum atomic E-state index is 13.1. The van der Waals surface area contributed by atoms with E-state index in [9.17, 15) is 39.0 Å². The molecule has 3 amide bonds. The topological polar surface area (TPSA) is 269 Å². The van der Waals surface area contributed by atoms with Crippen molar-refractivity contribution in [1.82, 2.24) is 20.2 Å². The van der Waals surface area contributed by atoms with Gasteiger partial charge in [-0.25, -0.2) is 9.59 Å². The van der Waals surface area contributed by atoms with Gasteiger partial charge in [-0.05, 0) is 38.7 Å². The van der Waals surface area contributed by atoms with Gasteiger partial charge in [0.15, 0.2) is 24.2 Å². The van der Waals surface area contributed by atoms with Gasteiger partial charge < -0.3 is 55.0 Å². The monoisotopic (exact) mass is 739 g/mol. The van der Waals surface area contributed by atoms with Crippen LogP contribution in [0.5, 0.6) is 0 Å². The second-order valence-corrected chi connectivity index (χ2v) is 13.0. The van der Waals surface area contributed by atoms with Gasteiger partial charge in [-0.15, -0.1) is 0 Å². The van der Waals surface area contributed by atoms with Crippen LogP contribution in [0.1, 0.15) is 77.9 Å². The molecule has 7 N–H and O–H groups in total. The molecule has 0 aliphatic carbocycles. The number of nitrogens with two attached hydrogens (primary N) is 1. The maximum Gasteiger partial charge on any atom is 0.508 e. The maximum absolute atomic E-state index is 13.1. The largest absolute Gasteiger partial charge is 0.508 e. The molecule has 19 nitrogen and oxygen atoms in total. The van der Waals surface area contributed by atoms with E-state index in [0.717, 1.165) is 55.0 Å². The van der Waals surface area contributed by atoms with Gasteiger partial charge >= 0.3 is 11.8 Å². The van der Waals surface area contributed by atoms with Crippen molar-refractivity contribution in [3.63, 3.8) is 0 Å². The molecule has 2 saturated heterocycles. The lowest BCUT2D eigenvalue weighted by Crippen LogP contribution is -2.54. The zero-order valence-corrected chi connectivity index (χ0v) is 29.4. The van der Waals surface area contributed by atoms with Crippen molar-refractivity contribution in [1.29, 1.82) is 0 Å². The number of methoxy groups -OCH3 is 1. The molecule has 19 heteroatoms. The molecule has 1 aromatic heterocycles. The van der Waals surface area contributed by atoms with Crippen molar-refractivity contribution >= 4 is 23.9 Å². The number of nitrogens with zero attached hydrogens (tertiary/aromatic N) is 1. The molecule has 290 valence electrons. The van der Waals surface area contributed by atoms with Crippen molar-refractivity contribution in [3.05, 3.63) is 44.9 Å². The fraction of sp³-hybridized carbons (Fsp3) is 0.697. The first-order valence-corrected chi connectivity index (χ1v) is 17.5. The van der Waals surface area contributed by atoms with E-state index in [4.69, 9.17) is 34.2 Å². The van der Waals surface area contributed by atoms with Crippen LogP contribution in [0.4, 0.5) is 4.79 Å². The predicted octanol–water partition coefficient (Wildman–Crippen LogP) is -0.663. The smallest absolute Gasteiger partial charge is 0.456 e. The van der Waals surface area contributed by atoms with Gasteiger partial charge in [0.05, 0.1) is 6.61 Å². The Morgan fingerprint density at radius 2 is 1.83 bits per heavy atom. The number of amides is 3. The van der Waals surface area contributed by atoms with Crippen LogP contribution in [0, 0.1) is 0 Å². The Kier molecular flexibility index (Phi) is 14.8. The van der Waals surface area contributed by atoms with E-state index >= 15 is 0 Å². The van der Waals surface area contributed by atoms with Gasteiger partial charge in [-0.1, -0.05) is 39.0 Å². The van der Waals surface area contributed by atoms with E-state index in [1.165, 1.54) is 7.11 Å². The number of nitrogens with one attached hydrogen (secondary N) is 3. The first kappa shape index (κ1) is 40.5. The van der Waals surface area contributed by atoms with Gasteiger partial charge in [0.2, 0.25) is 18.1 Å². The van der Waals surface area contributed by atoms with Crippen LogP contribution in [0.3, 0.4) is 0 Å². The van der Waals surface area contributed by atoms with Crippen molar-refractivity contribution in [2.45, 2.75) is 133 Å². The first-order valence-electron chi connectivity index (χ1n) is 17.5. The molecule has 0 aromatic carbocycles. The summed E-state index contributed by atoms with van der Waals surface area (Å²) in [5.41, 5.74) is 4.03. The van der Waals surface area contributed by atoms with Crippen LogP contribution >= 0.6 is 0 Å². The summed E-state index contributed by atoms with van der Waals surface area (Å²) >= 11 is 0. The minimum absolute atomic E-state index is 0.0448. The van der Waals surface area contributed by atoms with E-state index in [0.29, 0.717) is 25.7 Å². The van der Waals surface area contributed by atoms with E-state index in [1.807, 2.05) is 6.92 Å². The number of hydrogen-bond donors (Lipinski definition) is 6. The van der Waals surface area contributed by atoms with Crippen molar-refractivity contribution in [3.8, 4) is 0 Å². The van der Waals surface area contributed by atoms with E-state index in [2.05, 4.69) is 22.5 Å². The lowest BCUT2D eigenvalue weighted by Gasteiger charge is -2.35. The molecule has 1 unspecified atom stereocenters. The number of unbranched alkanes of at least 4 members (excludes halogenated alkanes) is 5. The van der Waals surface area contributed by atoms with Gasteiger partial charge in [0.25, 0.3) is 11.5 Å². The highest BCUT2D eigenvalue weighted by atomic mass is 16.8. The summed E-state index contributed by atoms with van der Waals surface area (Å²) in [6, 6.07) is 0.0273. The number of hydrogen-bond acceptors (Lipinski definition) is 14.